The minimum atomic E-state index is -0.158. The normalized spacial score (nSPS) is 22.4. The van der Waals surface area contributed by atoms with E-state index >= 15 is 0 Å². The third-order valence-corrected chi connectivity index (χ3v) is 4.06. The Balaban J connectivity index is 1.55. The van der Waals surface area contributed by atoms with E-state index in [0.717, 1.165) is 31.4 Å². The van der Waals surface area contributed by atoms with Crippen molar-refractivity contribution < 1.29 is 9.13 Å². The number of rotatable bonds is 3. The minimum Gasteiger partial charge on any atom is -0.490 e. The average molecular weight is 270 g/mol. The van der Waals surface area contributed by atoms with Crippen molar-refractivity contribution in [2.45, 2.75) is 37.7 Å². The van der Waals surface area contributed by atoms with Gasteiger partial charge in [-0.15, -0.1) is 0 Å². The Hall–Kier alpha value is -1.83. The molecule has 0 bridgehead atoms. The van der Waals surface area contributed by atoms with E-state index in [9.17, 15) is 4.39 Å². The fourth-order valence-corrected chi connectivity index (χ4v) is 2.94. The van der Waals surface area contributed by atoms with Crippen molar-refractivity contribution in [3.63, 3.8) is 0 Å². The van der Waals surface area contributed by atoms with Crippen molar-refractivity contribution in [1.82, 2.24) is 0 Å². The van der Waals surface area contributed by atoms with Crippen LogP contribution in [0.25, 0.3) is 0 Å². The van der Waals surface area contributed by atoms with E-state index in [2.05, 4.69) is 0 Å². The first kappa shape index (κ1) is 13.2. The van der Waals surface area contributed by atoms with Gasteiger partial charge < -0.3 is 4.74 Å². The van der Waals surface area contributed by atoms with Crippen LogP contribution in [-0.4, -0.2) is 6.10 Å². The van der Waals surface area contributed by atoms with Gasteiger partial charge in [0.1, 0.15) is 11.6 Å². The summed E-state index contributed by atoms with van der Waals surface area (Å²) in [5.41, 5.74) is 1.25. The highest BCUT2D eigenvalue weighted by Crippen LogP contribution is 2.34. The van der Waals surface area contributed by atoms with Crippen LogP contribution in [0.1, 0.15) is 37.2 Å². The molecule has 0 saturated heterocycles. The Morgan fingerprint density at radius 2 is 1.45 bits per heavy atom. The largest absolute Gasteiger partial charge is 0.490 e. The molecule has 1 aliphatic carbocycles. The molecule has 2 heteroatoms. The molecule has 3 rings (SSSR count). The van der Waals surface area contributed by atoms with Gasteiger partial charge in [0.05, 0.1) is 6.10 Å². The summed E-state index contributed by atoms with van der Waals surface area (Å²) in [6, 6.07) is 17.0. The van der Waals surface area contributed by atoms with Crippen LogP contribution >= 0.6 is 0 Å². The molecule has 0 radical (unpaired) electrons. The van der Waals surface area contributed by atoms with Gasteiger partial charge in [-0.25, -0.2) is 4.39 Å². The molecule has 0 spiro atoms. The van der Waals surface area contributed by atoms with Crippen molar-refractivity contribution in [3.05, 3.63) is 66.0 Å². The van der Waals surface area contributed by atoms with Crippen LogP contribution in [0, 0.1) is 5.82 Å². The second-order valence-electron chi connectivity index (χ2n) is 5.46. The Kier molecular flexibility index (Phi) is 4.00. The van der Waals surface area contributed by atoms with Crippen molar-refractivity contribution >= 4 is 0 Å². The zero-order chi connectivity index (χ0) is 13.8. The predicted octanol–water partition coefficient (Wildman–Crippen LogP) is 4.93. The van der Waals surface area contributed by atoms with Gasteiger partial charge in [0.2, 0.25) is 0 Å². The molecule has 1 nitrogen and oxygen atoms in total. The summed E-state index contributed by atoms with van der Waals surface area (Å²) in [6.07, 6.45) is 4.68. The van der Waals surface area contributed by atoms with Crippen LogP contribution in [0.3, 0.4) is 0 Å². The van der Waals surface area contributed by atoms with Crippen LogP contribution < -0.4 is 4.74 Å². The summed E-state index contributed by atoms with van der Waals surface area (Å²) in [5, 5.41) is 0. The highest BCUT2D eigenvalue weighted by Gasteiger charge is 2.23. The molecule has 104 valence electrons. The average Bonchev–Trinajstić information content (AvgIpc) is 2.50. The fourth-order valence-electron chi connectivity index (χ4n) is 2.94. The van der Waals surface area contributed by atoms with Crippen LogP contribution in [0.2, 0.25) is 0 Å². The first-order chi connectivity index (χ1) is 9.81. The van der Waals surface area contributed by atoms with E-state index in [4.69, 9.17) is 4.74 Å². The first-order valence-corrected chi connectivity index (χ1v) is 7.28. The van der Waals surface area contributed by atoms with E-state index in [1.807, 2.05) is 42.5 Å². The third kappa shape index (κ3) is 3.19. The van der Waals surface area contributed by atoms with Crippen LogP contribution in [0.4, 0.5) is 4.39 Å². The summed E-state index contributed by atoms with van der Waals surface area (Å²) in [5.74, 6) is 1.35. The molecule has 20 heavy (non-hydrogen) atoms. The summed E-state index contributed by atoms with van der Waals surface area (Å²) >= 11 is 0. The molecule has 1 saturated carbocycles. The summed E-state index contributed by atoms with van der Waals surface area (Å²) in [4.78, 5) is 0. The number of para-hydroxylation sites is 1. The zero-order valence-corrected chi connectivity index (χ0v) is 11.5. The van der Waals surface area contributed by atoms with Crippen LogP contribution in [0.15, 0.2) is 54.6 Å². The fraction of sp³-hybridized carbons (Fsp3) is 0.333. The van der Waals surface area contributed by atoms with E-state index in [1.54, 1.807) is 12.1 Å². The van der Waals surface area contributed by atoms with E-state index in [1.165, 1.54) is 5.56 Å². The lowest BCUT2D eigenvalue weighted by atomic mass is 9.83. The van der Waals surface area contributed by atoms with Gasteiger partial charge in [-0.1, -0.05) is 30.3 Å². The van der Waals surface area contributed by atoms with Gasteiger partial charge in [-0.3, -0.25) is 0 Å². The molecular weight excluding hydrogens is 251 g/mol. The Labute approximate surface area is 119 Å². The summed E-state index contributed by atoms with van der Waals surface area (Å²) in [7, 11) is 0. The zero-order valence-electron chi connectivity index (χ0n) is 11.5. The van der Waals surface area contributed by atoms with Crippen molar-refractivity contribution in [2.24, 2.45) is 0 Å². The molecule has 0 heterocycles. The van der Waals surface area contributed by atoms with E-state index < -0.39 is 0 Å². The molecule has 0 amide bonds. The minimum absolute atomic E-state index is 0.158. The van der Waals surface area contributed by atoms with Gasteiger partial charge in [0.15, 0.2) is 0 Å². The van der Waals surface area contributed by atoms with Gasteiger partial charge in [0.25, 0.3) is 0 Å². The maximum atomic E-state index is 12.9. The van der Waals surface area contributed by atoms with E-state index in [0.29, 0.717) is 12.0 Å². The van der Waals surface area contributed by atoms with Gasteiger partial charge in [0, 0.05) is 0 Å². The first-order valence-electron chi connectivity index (χ1n) is 7.28. The SMILES string of the molecule is Fc1ccc(C2CCC(Oc3ccccc3)CC2)cc1. The highest BCUT2D eigenvalue weighted by atomic mass is 19.1. The summed E-state index contributed by atoms with van der Waals surface area (Å²) in [6.45, 7) is 0. The number of ether oxygens (including phenoxy) is 1. The van der Waals surface area contributed by atoms with Gasteiger partial charge >= 0.3 is 0 Å². The van der Waals surface area contributed by atoms with Crippen molar-refractivity contribution in [3.8, 4) is 5.75 Å². The smallest absolute Gasteiger partial charge is 0.123 e. The number of benzene rings is 2. The molecule has 2 aromatic carbocycles. The Morgan fingerprint density at radius 3 is 2.10 bits per heavy atom. The maximum Gasteiger partial charge on any atom is 0.123 e. The predicted molar refractivity (Wildman–Crippen MR) is 78.5 cm³/mol. The van der Waals surface area contributed by atoms with Crippen LogP contribution in [-0.2, 0) is 0 Å². The quantitative estimate of drug-likeness (QED) is 0.768. The van der Waals surface area contributed by atoms with Crippen molar-refractivity contribution in [1.29, 1.82) is 0 Å². The molecule has 1 aliphatic rings. The highest BCUT2D eigenvalue weighted by molar-refractivity contribution is 5.23. The van der Waals surface area contributed by atoms with E-state index in [-0.39, 0.29) is 5.82 Å². The lowest BCUT2D eigenvalue weighted by Gasteiger charge is -2.29. The topological polar surface area (TPSA) is 9.23 Å². The lowest BCUT2D eigenvalue weighted by molar-refractivity contribution is 0.146. The molecule has 0 N–H and O–H groups in total. The van der Waals surface area contributed by atoms with Gasteiger partial charge in [-0.05, 0) is 61.4 Å². The number of hydrogen-bond donors (Lipinski definition) is 0. The molecular formula is C18H19FO. The van der Waals surface area contributed by atoms with Crippen molar-refractivity contribution in [2.75, 3.05) is 0 Å². The number of hydrogen-bond acceptors (Lipinski definition) is 1. The molecule has 0 atom stereocenters. The molecule has 0 aromatic heterocycles. The summed E-state index contributed by atoms with van der Waals surface area (Å²) < 4.78 is 18.9. The Morgan fingerprint density at radius 1 is 0.800 bits per heavy atom. The van der Waals surface area contributed by atoms with Crippen LogP contribution in [0.5, 0.6) is 5.75 Å². The number of halogens is 1. The lowest BCUT2D eigenvalue weighted by Crippen LogP contribution is -2.23. The second-order valence-corrected chi connectivity index (χ2v) is 5.46. The Bertz CT molecular complexity index is 527. The monoisotopic (exact) mass is 270 g/mol. The molecule has 0 aliphatic heterocycles. The van der Waals surface area contributed by atoms with Gasteiger partial charge in [-0.2, -0.15) is 0 Å². The molecule has 1 fully saturated rings. The second kappa shape index (κ2) is 6.08. The third-order valence-electron chi connectivity index (χ3n) is 4.06. The standard InChI is InChI=1S/C18H19FO/c19-16-10-6-14(7-11-16)15-8-12-18(13-9-15)20-17-4-2-1-3-5-17/h1-7,10-11,15,18H,8-9,12-13H2. The molecule has 2 aromatic rings. The maximum absolute atomic E-state index is 12.9. The molecule has 0 unspecified atom stereocenters.